The number of nitrogens with two attached hydrogens (primary N) is 1. The molecule has 0 saturated heterocycles. The molecule has 0 atom stereocenters. The van der Waals surface area contributed by atoms with Crippen molar-refractivity contribution in [2.45, 2.75) is 24.8 Å². The smallest absolute Gasteiger partial charge is 0.0911 e. The fourth-order valence-corrected chi connectivity index (χ4v) is 2.84. The lowest BCUT2D eigenvalue weighted by molar-refractivity contribution is 0.450. The monoisotopic (exact) mass is 252 g/mol. The number of alkyl halides is 1. The van der Waals surface area contributed by atoms with Gasteiger partial charge in [-0.3, -0.25) is 4.39 Å². The van der Waals surface area contributed by atoms with Crippen LogP contribution in [0, 0.1) is 0 Å². The third-order valence-electron chi connectivity index (χ3n) is 2.71. The first-order valence-electron chi connectivity index (χ1n) is 5.83. The molecular formula is C13H17FN2S. The van der Waals surface area contributed by atoms with Gasteiger partial charge in [0.05, 0.1) is 12.2 Å². The number of rotatable bonds is 5. The molecule has 0 aliphatic rings. The Labute approximate surface area is 105 Å². The molecule has 0 aliphatic heterocycles. The molecule has 0 fully saturated rings. The number of benzene rings is 1. The maximum atomic E-state index is 12.2. The maximum Gasteiger partial charge on any atom is 0.0911 e. The van der Waals surface area contributed by atoms with Gasteiger partial charge in [0.15, 0.2) is 0 Å². The van der Waals surface area contributed by atoms with Crippen molar-refractivity contribution in [3.8, 4) is 0 Å². The number of thioether (sulfide) groups is 1. The summed E-state index contributed by atoms with van der Waals surface area (Å²) in [7, 11) is 0. The lowest BCUT2D eigenvalue weighted by Crippen LogP contribution is -1.97. The molecule has 2 nitrogen and oxygen atoms in total. The molecule has 1 aromatic carbocycles. The van der Waals surface area contributed by atoms with Gasteiger partial charge in [-0.05, 0) is 30.4 Å². The van der Waals surface area contributed by atoms with Gasteiger partial charge in [-0.15, -0.1) is 11.8 Å². The Kier molecular flexibility index (Phi) is 3.94. The Hall–Kier alpha value is -1.16. The molecule has 0 spiro atoms. The van der Waals surface area contributed by atoms with E-state index in [1.165, 1.54) is 10.3 Å². The second-order valence-electron chi connectivity index (χ2n) is 3.94. The van der Waals surface area contributed by atoms with Crippen LogP contribution in [0.3, 0.4) is 0 Å². The lowest BCUT2D eigenvalue weighted by Gasteiger charge is -2.07. The molecule has 0 saturated carbocycles. The number of hydrogen-bond acceptors (Lipinski definition) is 2. The van der Waals surface area contributed by atoms with E-state index in [4.69, 9.17) is 5.73 Å². The maximum absolute atomic E-state index is 12.2. The van der Waals surface area contributed by atoms with E-state index in [-0.39, 0.29) is 6.67 Å². The van der Waals surface area contributed by atoms with Crippen LogP contribution < -0.4 is 5.73 Å². The summed E-state index contributed by atoms with van der Waals surface area (Å²) < 4.78 is 14.3. The van der Waals surface area contributed by atoms with E-state index in [9.17, 15) is 4.39 Å². The first-order chi connectivity index (χ1) is 8.26. The van der Waals surface area contributed by atoms with Gasteiger partial charge < -0.3 is 10.3 Å². The van der Waals surface area contributed by atoms with Crippen molar-refractivity contribution in [3.63, 3.8) is 0 Å². The van der Waals surface area contributed by atoms with Gasteiger partial charge in [0.2, 0.25) is 0 Å². The number of fused-ring (bicyclic) bond motifs is 1. The second kappa shape index (κ2) is 5.45. The molecule has 2 aromatic rings. The van der Waals surface area contributed by atoms with Crippen LogP contribution >= 0.6 is 11.8 Å². The second-order valence-corrected chi connectivity index (χ2v) is 5.24. The number of anilines is 1. The van der Waals surface area contributed by atoms with E-state index in [1.54, 1.807) is 11.8 Å². The topological polar surface area (TPSA) is 30.9 Å². The SMILES string of the molecule is CCSc1cc(N)cc2c1ccn2CCCF. The number of nitrogen functional groups attached to an aromatic ring is 1. The number of nitrogens with zero attached hydrogens (tertiary/aromatic N) is 1. The van der Waals surface area contributed by atoms with Crippen LogP contribution in [0.2, 0.25) is 0 Å². The summed E-state index contributed by atoms with van der Waals surface area (Å²) in [5, 5.41) is 1.21. The van der Waals surface area contributed by atoms with Crippen LogP contribution in [0.4, 0.5) is 10.1 Å². The standard InChI is InChI=1S/C13H17FN2S/c1-2-17-13-9-10(15)8-12-11(13)4-7-16(12)6-3-5-14/h4,7-9H,2-3,5-6,15H2,1H3. The zero-order chi connectivity index (χ0) is 12.3. The summed E-state index contributed by atoms with van der Waals surface area (Å²) in [6.45, 7) is 2.55. The largest absolute Gasteiger partial charge is 0.399 e. The molecule has 2 N–H and O–H groups in total. The van der Waals surface area contributed by atoms with Crippen LogP contribution in [0.15, 0.2) is 29.3 Å². The van der Waals surface area contributed by atoms with Gasteiger partial charge >= 0.3 is 0 Å². The van der Waals surface area contributed by atoms with Crippen LogP contribution in [0.5, 0.6) is 0 Å². The first-order valence-corrected chi connectivity index (χ1v) is 6.82. The van der Waals surface area contributed by atoms with Crippen molar-refractivity contribution in [2.75, 3.05) is 18.2 Å². The quantitative estimate of drug-likeness (QED) is 0.650. The highest BCUT2D eigenvalue weighted by Crippen LogP contribution is 2.31. The molecule has 92 valence electrons. The minimum Gasteiger partial charge on any atom is -0.399 e. The van der Waals surface area contributed by atoms with Crippen LogP contribution in [-0.2, 0) is 6.54 Å². The average molecular weight is 252 g/mol. The summed E-state index contributed by atoms with van der Waals surface area (Å²) in [4.78, 5) is 1.21. The predicted molar refractivity (Wildman–Crippen MR) is 73.3 cm³/mol. The Balaban J connectivity index is 2.45. The summed E-state index contributed by atoms with van der Waals surface area (Å²) in [6, 6.07) is 6.06. The summed E-state index contributed by atoms with van der Waals surface area (Å²) in [5.74, 6) is 1.02. The fourth-order valence-electron chi connectivity index (χ4n) is 1.98. The Morgan fingerprint density at radius 1 is 1.41 bits per heavy atom. The third-order valence-corrected chi connectivity index (χ3v) is 3.64. The molecule has 0 unspecified atom stereocenters. The first kappa shape index (κ1) is 12.3. The highest BCUT2D eigenvalue weighted by Gasteiger charge is 2.07. The highest BCUT2D eigenvalue weighted by atomic mass is 32.2. The molecule has 1 aromatic heterocycles. The molecular weight excluding hydrogens is 235 g/mol. The number of hydrogen-bond donors (Lipinski definition) is 1. The lowest BCUT2D eigenvalue weighted by atomic mass is 10.2. The van der Waals surface area contributed by atoms with E-state index >= 15 is 0 Å². The summed E-state index contributed by atoms with van der Waals surface area (Å²) in [6.07, 6.45) is 2.56. The molecule has 0 aliphatic carbocycles. The van der Waals surface area contributed by atoms with Crippen LogP contribution in [0.1, 0.15) is 13.3 Å². The van der Waals surface area contributed by atoms with Gasteiger partial charge in [0.1, 0.15) is 0 Å². The molecule has 0 radical (unpaired) electrons. The molecule has 0 bridgehead atoms. The van der Waals surface area contributed by atoms with Gasteiger partial charge in [0.25, 0.3) is 0 Å². The van der Waals surface area contributed by atoms with Gasteiger partial charge in [0, 0.05) is 28.7 Å². The van der Waals surface area contributed by atoms with E-state index in [0.717, 1.165) is 17.0 Å². The number of aromatic nitrogens is 1. The Bertz CT molecular complexity index is 507. The molecule has 1 heterocycles. The fraction of sp³-hybridized carbons (Fsp3) is 0.385. The zero-order valence-corrected chi connectivity index (χ0v) is 10.8. The summed E-state index contributed by atoms with van der Waals surface area (Å²) >= 11 is 1.79. The van der Waals surface area contributed by atoms with Crippen molar-refractivity contribution in [1.29, 1.82) is 0 Å². The van der Waals surface area contributed by atoms with Crippen LogP contribution in [-0.4, -0.2) is 17.0 Å². The summed E-state index contributed by atoms with van der Waals surface area (Å²) in [5.41, 5.74) is 7.79. The van der Waals surface area contributed by atoms with Gasteiger partial charge in [-0.2, -0.15) is 0 Å². The molecule has 17 heavy (non-hydrogen) atoms. The number of halogens is 1. The zero-order valence-electron chi connectivity index (χ0n) is 9.95. The van der Waals surface area contributed by atoms with Crippen LogP contribution in [0.25, 0.3) is 10.9 Å². The highest BCUT2D eigenvalue weighted by molar-refractivity contribution is 7.99. The van der Waals surface area contributed by atoms with Crippen molar-refractivity contribution in [2.24, 2.45) is 0 Å². The van der Waals surface area contributed by atoms with E-state index in [2.05, 4.69) is 17.6 Å². The Morgan fingerprint density at radius 3 is 2.94 bits per heavy atom. The minimum absolute atomic E-state index is 0.279. The van der Waals surface area contributed by atoms with Gasteiger partial charge in [-0.25, -0.2) is 0 Å². The normalized spacial score (nSPS) is 11.2. The molecule has 2 rings (SSSR count). The molecule has 4 heteroatoms. The van der Waals surface area contributed by atoms with Crippen molar-refractivity contribution in [3.05, 3.63) is 24.4 Å². The van der Waals surface area contributed by atoms with E-state index < -0.39 is 0 Å². The van der Waals surface area contributed by atoms with Crippen molar-refractivity contribution in [1.82, 2.24) is 4.57 Å². The van der Waals surface area contributed by atoms with E-state index in [1.807, 2.05) is 18.3 Å². The third kappa shape index (κ3) is 2.57. The predicted octanol–water partition coefficient (Wildman–Crippen LogP) is 3.70. The molecule has 0 amide bonds. The van der Waals surface area contributed by atoms with Gasteiger partial charge in [-0.1, -0.05) is 6.92 Å². The minimum atomic E-state index is -0.279. The van der Waals surface area contributed by atoms with E-state index in [0.29, 0.717) is 13.0 Å². The Morgan fingerprint density at radius 2 is 2.24 bits per heavy atom. The number of aryl methyl sites for hydroxylation is 1. The van der Waals surface area contributed by atoms with Crippen molar-refractivity contribution >= 4 is 28.4 Å². The average Bonchev–Trinajstić information content (AvgIpc) is 2.70. The van der Waals surface area contributed by atoms with Crippen molar-refractivity contribution < 1.29 is 4.39 Å².